The van der Waals surface area contributed by atoms with Crippen molar-refractivity contribution < 1.29 is 4.74 Å². The number of morpholine rings is 1. The summed E-state index contributed by atoms with van der Waals surface area (Å²) in [4.78, 5) is 6.44. The Morgan fingerprint density at radius 3 is 2.37 bits per heavy atom. The zero-order valence-corrected chi connectivity index (χ0v) is 12.5. The predicted molar refractivity (Wildman–Crippen MR) is 75.4 cm³/mol. The topological polar surface area (TPSA) is 49.2 Å². The lowest BCUT2D eigenvalue weighted by atomic mass is 9.99. The molecule has 0 aliphatic carbocycles. The van der Waals surface area contributed by atoms with Gasteiger partial charge in [-0.1, -0.05) is 11.6 Å². The van der Waals surface area contributed by atoms with Crippen molar-refractivity contribution in [2.75, 3.05) is 18.0 Å². The van der Waals surface area contributed by atoms with Gasteiger partial charge in [-0.3, -0.25) is 0 Å². The first-order valence-corrected chi connectivity index (χ1v) is 6.61. The molecule has 1 fully saturated rings. The van der Waals surface area contributed by atoms with Crippen LogP contribution in [0, 0.1) is 11.3 Å². The molecule has 0 unspecified atom stereocenters. The molecule has 1 aromatic heterocycles. The maximum Gasteiger partial charge on any atom is 0.147 e. The molecule has 1 aliphatic heterocycles. The van der Waals surface area contributed by atoms with Crippen molar-refractivity contribution in [1.29, 1.82) is 5.26 Å². The Balaban J connectivity index is 2.34. The Bertz CT molecular complexity index is 518. The van der Waals surface area contributed by atoms with Gasteiger partial charge in [0.1, 0.15) is 11.9 Å². The Morgan fingerprint density at radius 1 is 1.32 bits per heavy atom. The summed E-state index contributed by atoms with van der Waals surface area (Å²) in [6.45, 7) is 9.65. The van der Waals surface area contributed by atoms with E-state index in [0.717, 1.165) is 13.1 Å². The molecular formula is C14H18ClN3O. The Hall–Kier alpha value is -1.31. The molecule has 19 heavy (non-hydrogen) atoms. The van der Waals surface area contributed by atoms with E-state index in [4.69, 9.17) is 21.6 Å². The number of halogens is 1. The number of nitrogens with zero attached hydrogens (tertiary/aromatic N) is 3. The van der Waals surface area contributed by atoms with Crippen molar-refractivity contribution in [2.45, 2.75) is 38.9 Å². The van der Waals surface area contributed by atoms with Gasteiger partial charge in [0.25, 0.3) is 0 Å². The molecule has 0 atom stereocenters. The minimum absolute atomic E-state index is 0.263. The van der Waals surface area contributed by atoms with Crippen LogP contribution >= 0.6 is 11.6 Å². The fraction of sp³-hybridized carbons (Fsp3) is 0.571. The lowest BCUT2D eigenvalue weighted by Gasteiger charge is -2.47. The SMILES string of the molecule is CC1(C)CN(c2ncc(C#N)cc2Cl)CC(C)(C)O1. The Labute approximate surface area is 118 Å². The molecule has 2 heterocycles. The highest BCUT2D eigenvalue weighted by atomic mass is 35.5. The van der Waals surface area contributed by atoms with Crippen LogP contribution in [0.1, 0.15) is 33.3 Å². The van der Waals surface area contributed by atoms with Gasteiger partial charge in [0, 0.05) is 19.3 Å². The molecule has 0 aromatic carbocycles. The third-order valence-corrected chi connectivity index (χ3v) is 3.22. The van der Waals surface area contributed by atoms with Crippen LogP contribution in [0.15, 0.2) is 12.3 Å². The van der Waals surface area contributed by atoms with Crippen LogP contribution in [0.4, 0.5) is 5.82 Å². The summed E-state index contributed by atoms with van der Waals surface area (Å²) in [7, 11) is 0. The minimum atomic E-state index is -0.263. The van der Waals surface area contributed by atoms with Crippen LogP contribution in [-0.2, 0) is 4.74 Å². The smallest absolute Gasteiger partial charge is 0.147 e. The standard InChI is InChI=1S/C14H18ClN3O/c1-13(2)8-18(9-14(3,4)19-13)12-11(15)5-10(6-16)7-17-12/h5,7H,8-9H2,1-4H3. The largest absolute Gasteiger partial charge is 0.366 e. The summed E-state index contributed by atoms with van der Waals surface area (Å²) in [5, 5.41) is 9.35. The van der Waals surface area contributed by atoms with Gasteiger partial charge in [0.05, 0.1) is 21.8 Å². The van der Waals surface area contributed by atoms with E-state index < -0.39 is 0 Å². The fourth-order valence-electron chi connectivity index (χ4n) is 2.66. The third-order valence-electron chi connectivity index (χ3n) is 2.95. The minimum Gasteiger partial charge on any atom is -0.366 e. The van der Waals surface area contributed by atoms with Crippen molar-refractivity contribution in [3.8, 4) is 6.07 Å². The van der Waals surface area contributed by atoms with E-state index in [1.807, 2.05) is 6.07 Å². The summed E-state index contributed by atoms with van der Waals surface area (Å²) in [5.74, 6) is 0.713. The second-order valence-corrected chi connectivity index (χ2v) is 6.53. The summed E-state index contributed by atoms with van der Waals surface area (Å²) in [6.07, 6.45) is 1.55. The average Bonchev–Trinajstić information content (AvgIpc) is 2.24. The molecular weight excluding hydrogens is 262 g/mol. The van der Waals surface area contributed by atoms with Crippen LogP contribution in [0.3, 0.4) is 0 Å². The van der Waals surface area contributed by atoms with Crippen LogP contribution in [0.2, 0.25) is 5.02 Å². The monoisotopic (exact) mass is 279 g/mol. The molecule has 1 aromatic rings. The molecule has 0 saturated carbocycles. The number of anilines is 1. The normalized spacial score (nSPS) is 20.9. The van der Waals surface area contributed by atoms with Crippen molar-refractivity contribution in [3.63, 3.8) is 0 Å². The van der Waals surface area contributed by atoms with Gasteiger partial charge in [-0.15, -0.1) is 0 Å². The molecule has 2 rings (SSSR count). The summed E-state index contributed by atoms with van der Waals surface area (Å²) in [5.41, 5.74) is -0.0538. The molecule has 0 spiro atoms. The summed E-state index contributed by atoms with van der Waals surface area (Å²) >= 11 is 6.23. The van der Waals surface area contributed by atoms with E-state index in [1.165, 1.54) is 0 Å². The lowest BCUT2D eigenvalue weighted by molar-refractivity contribution is -0.133. The van der Waals surface area contributed by atoms with Gasteiger partial charge in [-0.25, -0.2) is 4.98 Å². The van der Waals surface area contributed by atoms with E-state index in [0.29, 0.717) is 16.4 Å². The first-order valence-electron chi connectivity index (χ1n) is 6.23. The summed E-state index contributed by atoms with van der Waals surface area (Å²) in [6, 6.07) is 3.69. The van der Waals surface area contributed by atoms with E-state index in [9.17, 15) is 0 Å². The number of hydrogen-bond donors (Lipinski definition) is 0. The predicted octanol–water partition coefficient (Wildman–Crippen LogP) is 3.00. The number of ether oxygens (including phenoxy) is 1. The Morgan fingerprint density at radius 2 is 1.89 bits per heavy atom. The highest BCUT2D eigenvalue weighted by molar-refractivity contribution is 6.33. The van der Waals surface area contributed by atoms with Gasteiger partial charge in [-0.05, 0) is 33.8 Å². The van der Waals surface area contributed by atoms with Gasteiger partial charge in [0.2, 0.25) is 0 Å². The molecule has 1 saturated heterocycles. The van der Waals surface area contributed by atoms with Gasteiger partial charge < -0.3 is 9.64 Å². The van der Waals surface area contributed by atoms with Crippen LogP contribution in [-0.4, -0.2) is 29.3 Å². The van der Waals surface area contributed by atoms with E-state index in [2.05, 4.69) is 37.6 Å². The van der Waals surface area contributed by atoms with Crippen molar-refractivity contribution in [2.24, 2.45) is 0 Å². The van der Waals surface area contributed by atoms with Crippen molar-refractivity contribution >= 4 is 17.4 Å². The first kappa shape index (κ1) is 14.1. The number of aromatic nitrogens is 1. The molecule has 0 bridgehead atoms. The van der Waals surface area contributed by atoms with Gasteiger partial charge >= 0.3 is 0 Å². The maximum atomic E-state index is 8.85. The zero-order chi connectivity index (χ0) is 14.3. The molecule has 0 amide bonds. The van der Waals surface area contributed by atoms with Gasteiger partial charge in [-0.2, -0.15) is 5.26 Å². The number of hydrogen-bond acceptors (Lipinski definition) is 4. The van der Waals surface area contributed by atoms with E-state index in [-0.39, 0.29) is 11.2 Å². The van der Waals surface area contributed by atoms with Gasteiger partial charge in [0.15, 0.2) is 0 Å². The van der Waals surface area contributed by atoms with E-state index >= 15 is 0 Å². The first-order chi connectivity index (χ1) is 8.72. The number of pyridine rings is 1. The molecule has 5 heteroatoms. The maximum absolute atomic E-state index is 8.85. The second-order valence-electron chi connectivity index (χ2n) is 6.12. The van der Waals surface area contributed by atoms with Crippen LogP contribution in [0.5, 0.6) is 0 Å². The quantitative estimate of drug-likeness (QED) is 0.793. The molecule has 0 radical (unpaired) electrons. The summed E-state index contributed by atoms with van der Waals surface area (Å²) < 4.78 is 6.03. The fourth-order valence-corrected chi connectivity index (χ4v) is 2.95. The third kappa shape index (κ3) is 3.17. The average molecular weight is 280 g/mol. The molecule has 4 nitrogen and oxygen atoms in total. The highest BCUT2D eigenvalue weighted by Gasteiger charge is 2.39. The Kier molecular flexibility index (Phi) is 3.46. The van der Waals surface area contributed by atoms with Crippen LogP contribution < -0.4 is 4.90 Å². The van der Waals surface area contributed by atoms with Crippen LogP contribution in [0.25, 0.3) is 0 Å². The highest BCUT2D eigenvalue weighted by Crippen LogP contribution is 2.33. The number of nitriles is 1. The van der Waals surface area contributed by atoms with Crippen molar-refractivity contribution in [1.82, 2.24) is 4.98 Å². The molecule has 102 valence electrons. The van der Waals surface area contributed by atoms with Crippen molar-refractivity contribution in [3.05, 3.63) is 22.8 Å². The second kappa shape index (κ2) is 4.66. The molecule has 1 aliphatic rings. The molecule has 0 N–H and O–H groups in total. The lowest BCUT2D eigenvalue weighted by Crippen LogP contribution is -2.57. The van der Waals surface area contributed by atoms with E-state index in [1.54, 1.807) is 12.3 Å². The number of rotatable bonds is 1. The zero-order valence-electron chi connectivity index (χ0n) is 11.7.